The fourth-order valence-electron chi connectivity index (χ4n) is 10.6. The summed E-state index contributed by atoms with van der Waals surface area (Å²) < 4.78 is 21.4. The fraction of sp³-hybridized carbons (Fsp3) is 0.556. The van der Waals surface area contributed by atoms with Gasteiger partial charge in [0.1, 0.15) is 35.1 Å². The lowest BCUT2D eigenvalue weighted by Crippen LogP contribution is -2.59. The number of thiazole rings is 1. The molecule has 4 aromatic rings. The number of aromatic nitrogens is 3. The van der Waals surface area contributed by atoms with Gasteiger partial charge in [0.15, 0.2) is 5.67 Å². The molecule has 2 aliphatic carbocycles. The lowest BCUT2D eigenvalue weighted by atomic mass is 9.61. The highest BCUT2D eigenvalue weighted by Gasteiger charge is 2.54. The van der Waals surface area contributed by atoms with Gasteiger partial charge in [0.2, 0.25) is 23.6 Å². The van der Waals surface area contributed by atoms with E-state index >= 15 is 0 Å². The summed E-state index contributed by atoms with van der Waals surface area (Å²) in [6.07, 6.45) is 7.37. The first-order chi connectivity index (χ1) is 35.6. The van der Waals surface area contributed by atoms with Gasteiger partial charge >= 0.3 is 0 Å². The van der Waals surface area contributed by atoms with Crippen molar-refractivity contribution in [1.29, 1.82) is 0 Å². The smallest absolute Gasteiger partial charge is 0.258 e. The van der Waals surface area contributed by atoms with Gasteiger partial charge in [-0.3, -0.25) is 24.0 Å². The lowest BCUT2D eigenvalue weighted by Gasteiger charge is -2.51. The van der Waals surface area contributed by atoms with Crippen LogP contribution in [0.1, 0.15) is 103 Å². The molecule has 9 rings (SSSR count). The SMILES string of the molecule is Cc1ncsc1-c1ccc(CNC(=O)[C@@H]2C[C@@H](O)CN2C(=O)[C@@H](NC(=O)C2(F)CC2)C(C)(C)C)c(OC2CC3(CCN(C(=O)CC(=O)Nc4cccc(Sc5cnc(N6CCC(C)(CN)CC6)cn5)c4Cl)CC3)C2)c1. The molecule has 3 aliphatic heterocycles. The summed E-state index contributed by atoms with van der Waals surface area (Å²) in [5, 5.41) is 20.1. The van der Waals surface area contributed by atoms with Crippen molar-refractivity contribution in [3.8, 4) is 16.2 Å². The molecule has 2 aromatic heterocycles. The monoisotopic (exact) mass is 1090 g/mol. The molecular weight excluding hydrogens is 1020 g/mol. The molecule has 21 heteroatoms. The molecule has 5 aliphatic rings. The zero-order chi connectivity index (χ0) is 53.5. The standard InChI is InChI=1S/C54H68ClFN10O7S2/c1-32-46(74-31-61-32)33-9-10-34(26-60-48(70)38-22-35(67)29-66(38)49(71)47(51(2,3)4)63-50(72)54(56)11-12-54)39(21-33)73-36-24-53(25-36)15-19-65(20-16-53)44(69)23-42(68)62-37-7-6-8-40(45(37)55)75-43-28-58-41(27-59-43)64-17-13-52(5,30-57)14-18-64/h6-10,21,27-28,31,35-36,38,47,67H,11-20,22-26,29-30,57H2,1-5H3,(H,60,70)(H,62,68)(H,63,72)/t35-,38+,47-/m1/s1. The average molecular weight is 1090 g/mol. The molecule has 75 heavy (non-hydrogen) atoms. The molecule has 6 N–H and O–H groups in total. The molecule has 402 valence electrons. The number of piperidine rings is 2. The number of halogens is 2. The van der Waals surface area contributed by atoms with Crippen LogP contribution in [-0.2, 0) is 30.5 Å². The normalized spacial score (nSPS) is 21.3. The predicted octanol–water partition coefficient (Wildman–Crippen LogP) is 7.07. The number of β-amino-alcohol motifs (C(OH)–C–C–N with tert-alkyl or cyclic N) is 1. The number of ether oxygens (including phenoxy) is 1. The van der Waals surface area contributed by atoms with Crippen LogP contribution in [0, 0.1) is 23.2 Å². The first kappa shape index (κ1) is 54.4. The Labute approximate surface area is 450 Å². The van der Waals surface area contributed by atoms with Gasteiger partial charge in [-0.1, -0.05) is 69.3 Å². The predicted molar refractivity (Wildman–Crippen MR) is 286 cm³/mol. The number of hydrogen-bond donors (Lipinski definition) is 5. The van der Waals surface area contributed by atoms with Crippen molar-refractivity contribution in [3.63, 3.8) is 0 Å². The van der Waals surface area contributed by atoms with Gasteiger partial charge in [-0.25, -0.2) is 19.3 Å². The summed E-state index contributed by atoms with van der Waals surface area (Å²) in [7, 11) is 0. The van der Waals surface area contributed by atoms with Crippen molar-refractivity contribution >= 4 is 75.7 Å². The number of carbonyl (C=O) groups excluding carboxylic acids is 5. The van der Waals surface area contributed by atoms with E-state index in [4.69, 9.17) is 22.1 Å². The average Bonchev–Trinajstić information content (AvgIpc) is 3.78. The summed E-state index contributed by atoms with van der Waals surface area (Å²) >= 11 is 9.66. The van der Waals surface area contributed by atoms with Crippen LogP contribution in [0.5, 0.6) is 5.75 Å². The number of carbonyl (C=O) groups is 5. The number of nitrogens with zero attached hydrogens (tertiary/aromatic N) is 6. The molecular formula is C54H68ClFN10O7S2. The maximum absolute atomic E-state index is 14.7. The van der Waals surface area contributed by atoms with Gasteiger partial charge in [-0.05, 0) is 105 Å². The molecule has 3 atom stereocenters. The number of amides is 5. The summed E-state index contributed by atoms with van der Waals surface area (Å²) in [4.78, 5) is 88.1. The molecule has 0 radical (unpaired) electrons. The highest BCUT2D eigenvalue weighted by Crippen LogP contribution is 2.51. The second-order valence-electron chi connectivity index (χ2n) is 22.6. The van der Waals surface area contributed by atoms with E-state index < -0.39 is 52.9 Å². The largest absolute Gasteiger partial charge is 0.490 e. The van der Waals surface area contributed by atoms with E-state index in [2.05, 4.69) is 42.7 Å². The Hall–Kier alpha value is -5.41. The number of aliphatic hydroxyl groups is 1. The highest BCUT2D eigenvalue weighted by atomic mass is 35.5. The molecule has 5 fully saturated rings. The van der Waals surface area contributed by atoms with Gasteiger partial charge < -0.3 is 46.2 Å². The number of nitrogens with two attached hydrogens (primary N) is 1. The van der Waals surface area contributed by atoms with Crippen molar-refractivity contribution in [2.75, 3.05) is 49.5 Å². The minimum atomic E-state index is -1.99. The zero-order valence-corrected chi connectivity index (χ0v) is 45.6. The van der Waals surface area contributed by atoms with E-state index in [1.165, 1.54) is 28.0 Å². The minimum Gasteiger partial charge on any atom is -0.490 e. The summed E-state index contributed by atoms with van der Waals surface area (Å²) in [5.74, 6) is -1.14. The van der Waals surface area contributed by atoms with Crippen LogP contribution in [0.2, 0.25) is 5.02 Å². The Kier molecular flexibility index (Phi) is 15.9. The van der Waals surface area contributed by atoms with Crippen molar-refractivity contribution < 1.29 is 38.2 Å². The summed E-state index contributed by atoms with van der Waals surface area (Å²) in [6.45, 7) is 12.9. The van der Waals surface area contributed by atoms with Gasteiger partial charge in [0.05, 0.1) is 51.4 Å². The third-order valence-corrected chi connectivity index (χ3v) is 18.3. The van der Waals surface area contributed by atoms with Gasteiger partial charge in [0, 0.05) is 56.1 Å². The number of aryl methyl sites for hydroxylation is 1. The van der Waals surface area contributed by atoms with Crippen LogP contribution >= 0.6 is 34.7 Å². The molecule has 5 amide bonds. The molecule has 1 spiro atoms. The maximum atomic E-state index is 14.7. The molecule has 0 bridgehead atoms. The quantitative estimate of drug-likeness (QED) is 0.0709. The van der Waals surface area contributed by atoms with Gasteiger partial charge in [0.25, 0.3) is 5.91 Å². The van der Waals surface area contributed by atoms with Crippen LogP contribution in [0.4, 0.5) is 15.9 Å². The van der Waals surface area contributed by atoms with E-state index in [9.17, 15) is 33.5 Å². The van der Waals surface area contributed by atoms with E-state index in [1.54, 1.807) is 55.7 Å². The first-order valence-electron chi connectivity index (χ1n) is 25.9. The van der Waals surface area contributed by atoms with Crippen LogP contribution < -0.4 is 31.3 Å². The number of likely N-dealkylation sites (tertiary alicyclic amines) is 2. The topological polar surface area (TPSA) is 225 Å². The first-order valence-corrected chi connectivity index (χ1v) is 28.0. The Bertz CT molecular complexity index is 2780. The Morgan fingerprint density at radius 1 is 1.00 bits per heavy atom. The Morgan fingerprint density at radius 3 is 2.37 bits per heavy atom. The number of nitrogens with one attached hydrogen (secondary N) is 3. The fourth-order valence-corrected chi connectivity index (χ4v) is 12.5. The Morgan fingerprint density at radius 2 is 1.73 bits per heavy atom. The second kappa shape index (κ2) is 21.9. The molecule has 2 saturated carbocycles. The van der Waals surface area contributed by atoms with Crippen molar-refractivity contribution in [1.82, 2.24) is 35.4 Å². The number of alkyl halides is 1. The number of aliphatic hydroxyl groups excluding tert-OH is 1. The van der Waals surface area contributed by atoms with Crippen LogP contribution in [0.25, 0.3) is 10.4 Å². The van der Waals surface area contributed by atoms with Crippen LogP contribution in [0.3, 0.4) is 0 Å². The van der Waals surface area contributed by atoms with E-state index in [0.717, 1.165) is 79.1 Å². The zero-order valence-electron chi connectivity index (χ0n) is 43.3. The van der Waals surface area contributed by atoms with Gasteiger partial charge in [-0.15, -0.1) is 11.3 Å². The molecule has 3 saturated heterocycles. The maximum Gasteiger partial charge on any atom is 0.258 e. The molecule has 5 heterocycles. The number of hydrogen-bond acceptors (Lipinski definition) is 14. The van der Waals surface area contributed by atoms with Crippen molar-refractivity contribution in [2.45, 2.75) is 145 Å². The highest BCUT2D eigenvalue weighted by molar-refractivity contribution is 7.99. The Balaban J connectivity index is 0.768. The lowest BCUT2D eigenvalue weighted by molar-refractivity contribution is -0.145. The number of benzene rings is 2. The van der Waals surface area contributed by atoms with Crippen LogP contribution in [0.15, 0.2) is 64.2 Å². The second-order valence-corrected chi connectivity index (χ2v) is 24.9. The van der Waals surface area contributed by atoms with Crippen LogP contribution in [-0.4, -0.2) is 129 Å². The van der Waals surface area contributed by atoms with E-state index in [-0.39, 0.29) is 61.6 Å². The van der Waals surface area contributed by atoms with Crippen molar-refractivity contribution in [3.05, 3.63) is 70.6 Å². The minimum absolute atomic E-state index is 0.00863. The van der Waals surface area contributed by atoms with E-state index in [0.29, 0.717) is 46.0 Å². The van der Waals surface area contributed by atoms with E-state index in [1.807, 2.05) is 31.2 Å². The third kappa shape index (κ3) is 12.4. The summed E-state index contributed by atoms with van der Waals surface area (Å²) in [6, 6.07) is 9.06. The molecule has 17 nitrogen and oxygen atoms in total. The molecule has 2 aromatic carbocycles. The third-order valence-electron chi connectivity index (χ3n) is 15.8. The van der Waals surface area contributed by atoms with Gasteiger partial charge in [-0.2, -0.15) is 0 Å². The number of rotatable bonds is 16. The molecule has 0 unspecified atom stereocenters. The van der Waals surface area contributed by atoms with Crippen molar-refractivity contribution in [2.24, 2.45) is 22.0 Å². The summed E-state index contributed by atoms with van der Waals surface area (Å²) in [5.41, 5.74) is 8.06. The number of anilines is 2.